The second kappa shape index (κ2) is 4.13. The number of nitrogens with one attached hydrogen (secondary N) is 1. The maximum Gasteiger partial charge on any atom is 0.121 e. The molecule has 1 fully saturated rings. The Morgan fingerprint density at radius 3 is 3.12 bits per heavy atom. The van der Waals surface area contributed by atoms with E-state index in [4.69, 9.17) is 4.74 Å². The van der Waals surface area contributed by atoms with Crippen molar-refractivity contribution in [3.63, 3.8) is 0 Å². The first-order valence-electron chi connectivity index (χ1n) is 6.46. The number of hydrogen-bond donors (Lipinski definition) is 1. The van der Waals surface area contributed by atoms with E-state index >= 15 is 0 Å². The number of anilines is 2. The quantitative estimate of drug-likeness (QED) is 0.805. The van der Waals surface area contributed by atoms with Gasteiger partial charge in [0.15, 0.2) is 0 Å². The fourth-order valence-electron chi connectivity index (χ4n) is 3.02. The van der Waals surface area contributed by atoms with Gasteiger partial charge >= 0.3 is 0 Å². The Balaban J connectivity index is 1.91. The smallest absolute Gasteiger partial charge is 0.121 e. The van der Waals surface area contributed by atoms with Crippen molar-refractivity contribution in [3.8, 4) is 5.75 Å². The molecule has 3 nitrogen and oxygen atoms in total. The van der Waals surface area contributed by atoms with Crippen LogP contribution in [0.15, 0.2) is 18.2 Å². The summed E-state index contributed by atoms with van der Waals surface area (Å²) in [6, 6.07) is 7.01. The molecule has 1 aromatic carbocycles. The second-order valence-electron chi connectivity index (χ2n) is 5.24. The lowest BCUT2D eigenvalue weighted by molar-refractivity contribution is 0.366. The van der Waals surface area contributed by atoms with E-state index in [2.05, 4.69) is 35.3 Å². The van der Waals surface area contributed by atoms with Crippen molar-refractivity contribution in [2.24, 2.45) is 5.92 Å². The summed E-state index contributed by atoms with van der Waals surface area (Å²) >= 11 is 0. The van der Waals surface area contributed by atoms with Crippen LogP contribution in [-0.4, -0.2) is 26.2 Å². The van der Waals surface area contributed by atoms with Crippen LogP contribution in [0.3, 0.4) is 0 Å². The fourth-order valence-corrected chi connectivity index (χ4v) is 3.02. The predicted molar refractivity (Wildman–Crippen MR) is 71.0 cm³/mol. The minimum Gasteiger partial charge on any atom is -0.497 e. The Morgan fingerprint density at radius 2 is 2.29 bits per heavy atom. The minimum absolute atomic E-state index is 0.666. The lowest BCUT2D eigenvalue weighted by Gasteiger charge is -2.44. The van der Waals surface area contributed by atoms with Gasteiger partial charge in [0, 0.05) is 25.2 Å². The maximum absolute atomic E-state index is 5.27. The molecule has 92 valence electrons. The number of hydrogen-bond acceptors (Lipinski definition) is 3. The summed E-state index contributed by atoms with van der Waals surface area (Å²) in [6.07, 6.45) is 2.61. The SMILES string of the molecule is COc1ccc2c(c1)NCC1CC(C)CCN21. The van der Waals surface area contributed by atoms with Gasteiger partial charge in [0.1, 0.15) is 5.75 Å². The summed E-state index contributed by atoms with van der Waals surface area (Å²) in [7, 11) is 1.72. The largest absolute Gasteiger partial charge is 0.497 e. The normalized spacial score (nSPS) is 26.8. The number of rotatable bonds is 1. The standard InChI is InChI=1S/C14H20N2O/c1-10-5-6-16-11(7-10)9-15-13-8-12(17-2)3-4-14(13)16/h3-4,8,10-11,15H,5-7,9H2,1-2H3. The Hall–Kier alpha value is -1.38. The van der Waals surface area contributed by atoms with Crippen molar-refractivity contribution >= 4 is 11.4 Å². The fraction of sp³-hybridized carbons (Fsp3) is 0.571. The van der Waals surface area contributed by atoms with Crippen LogP contribution in [0, 0.1) is 5.92 Å². The third kappa shape index (κ3) is 1.84. The van der Waals surface area contributed by atoms with Gasteiger partial charge in [-0.25, -0.2) is 0 Å². The Morgan fingerprint density at radius 1 is 1.41 bits per heavy atom. The van der Waals surface area contributed by atoms with Gasteiger partial charge in [0.2, 0.25) is 0 Å². The molecule has 2 unspecified atom stereocenters. The van der Waals surface area contributed by atoms with Gasteiger partial charge in [0.05, 0.1) is 18.5 Å². The number of methoxy groups -OCH3 is 1. The van der Waals surface area contributed by atoms with E-state index in [1.807, 2.05) is 0 Å². The molecule has 0 radical (unpaired) electrons. The molecule has 0 aromatic heterocycles. The molecule has 0 aliphatic carbocycles. The van der Waals surface area contributed by atoms with Crippen LogP contribution in [-0.2, 0) is 0 Å². The van der Waals surface area contributed by atoms with E-state index in [1.165, 1.54) is 30.8 Å². The zero-order chi connectivity index (χ0) is 11.8. The zero-order valence-corrected chi connectivity index (χ0v) is 10.6. The molecule has 3 rings (SSSR count). The van der Waals surface area contributed by atoms with Gasteiger partial charge in [-0.1, -0.05) is 6.92 Å². The molecule has 0 bridgehead atoms. The van der Waals surface area contributed by atoms with Crippen LogP contribution < -0.4 is 15.0 Å². The number of piperidine rings is 1. The molecule has 1 N–H and O–H groups in total. The molecular weight excluding hydrogens is 212 g/mol. The molecule has 0 spiro atoms. The van der Waals surface area contributed by atoms with Crippen LogP contribution >= 0.6 is 0 Å². The summed E-state index contributed by atoms with van der Waals surface area (Å²) in [6.45, 7) is 4.61. The summed E-state index contributed by atoms with van der Waals surface area (Å²) < 4.78 is 5.27. The van der Waals surface area contributed by atoms with E-state index in [9.17, 15) is 0 Å². The average molecular weight is 232 g/mol. The highest BCUT2D eigenvalue weighted by Gasteiger charge is 2.30. The molecule has 2 atom stereocenters. The zero-order valence-electron chi connectivity index (χ0n) is 10.6. The van der Waals surface area contributed by atoms with Crippen molar-refractivity contribution in [1.82, 2.24) is 0 Å². The van der Waals surface area contributed by atoms with Crippen LogP contribution in [0.4, 0.5) is 11.4 Å². The van der Waals surface area contributed by atoms with Gasteiger partial charge in [0.25, 0.3) is 0 Å². The van der Waals surface area contributed by atoms with Crippen molar-refractivity contribution < 1.29 is 4.74 Å². The number of benzene rings is 1. The van der Waals surface area contributed by atoms with Crippen molar-refractivity contribution in [2.45, 2.75) is 25.8 Å². The van der Waals surface area contributed by atoms with Gasteiger partial charge in [-0.3, -0.25) is 0 Å². The van der Waals surface area contributed by atoms with Crippen LogP contribution in [0.1, 0.15) is 19.8 Å². The number of nitrogens with zero attached hydrogens (tertiary/aromatic N) is 1. The Labute approximate surface area is 103 Å². The van der Waals surface area contributed by atoms with E-state index < -0.39 is 0 Å². The second-order valence-corrected chi connectivity index (χ2v) is 5.24. The molecule has 1 saturated heterocycles. The third-order valence-corrected chi connectivity index (χ3v) is 4.02. The maximum atomic E-state index is 5.27. The van der Waals surface area contributed by atoms with Crippen molar-refractivity contribution in [2.75, 3.05) is 30.4 Å². The van der Waals surface area contributed by atoms with Gasteiger partial charge in [-0.15, -0.1) is 0 Å². The highest BCUT2D eigenvalue weighted by molar-refractivity contribution is 5.74. The first-order chi connectivity index (χ1) is 8.28. The molecule has 2 aliphatic rings. The molecule has 0 saturated carbocycles. The molecule has 1 aromatic rings. The van der Waals surface area contributed by atoms with Gasteiger partial charge in [-0.2, -0.15) is 0 Å². The minimum atomic E-state index is 0.666. The number of fused-ring (bicyclic) bond motifs is 3. The predicted octanol–water partition coefficient (Wildman–Crippen LogP) is 2.73. The van der Waals surface area contributed by atoms with Crippen LogP contribution in [0.25, 0.3) is 0 Å². The monoisotopic (exact) mass is 232 g/mol. The van der Waals surface area contributed by atoms with E-state index in [0.29, 0.717) is 6.04 Å². The van der Waals surface area contributed by atoms with Crippen molar-refractivity contribution in [1.29, 1.82) is 0 Å². The lowest BCUT2D eigenvalue weighted by Crippen LogP contribution is -2.48. The average Bonchev–Trinajstić information content (AvgIpc) is 2.37. The summed E-state index contributed by atoms with van der Waals surface area (Å²) in [5.74, 6) is 1.79. The highest BCUT2D eigenvalue weighted by Crippen LogP contribution is 2.38. The first kappa shape index (κ1) is 10.8. The highest BCUT2D eigenvalue weighted by atomic mass is 16.5. The Bertz CT molecular complexity index is 419. The summed E-state index contributed by atoms with van der Waals surface area (Å²) in [4.78, 5) is 2.56. The summed E-state index contributed by atoms with van der Waals surface area (Å²) in [5, 5.41) is 3.54. The number of ether oxygens (including phenoxy) is 1. The third-order valence-electron chi connectivity index (χ3n) is 4.02. The van der Waals surface area contributed by atoms with Gasteiger partial charge in [-0.05, 0) is 30.9 Å². The molecule has 17 heavy (non-hydrogen) atoms. The van der Waals surface area contributed by atoms with E-state index in [0.717, 1.165) is 18.2 Å². The molecular formula is C14H20N2O. The lowest BCUT2D eigenvalue weighted by atomic mass is 9.90. The van der Waals surface area contributed by atoms with E-state index in [1.54, 1.807) is 7.11 Å². The van der Waals surface area contributed by atoms with E-state index in [-0.39, 0.29) is 0 Å². The summed E-state index contributed by atoms with van der Waals surface area (Å²) in [5.41, 5.74) is 2.56. The molecule has 2 heterocycles. The van der Waals surface area contributed by atoms with Crippen LogP contribution in [0.2, 0.25) is 0 Å². The molecule has 3 heteroatoms. The molecule has 2 aliphatic heterocycles. The van der Waals surface area contributed by atoms with Gasteiger partial charge < -0.3 is 15.0 Å². The first-order valence-corrected chi connectivity index (χ1v) is 6.46. The van der Waals surface area contributed by atoms with Crippen molar-refractivity contribution in [3.05, 3.63) is 18.2 Å². The molecule has 0 amide bonds. The topological polar surface area (TPSA) is 24.5 Å². The Kier molecular flexibility index (Phi) is 2.61. The van der Waals surface area contributed by atoms with Crippen LogP contribution in [0.5, 0.6) is 5.75 Å².